The second-order valence-electron chi connectivity index (χ2n) is 10.2. The number of aryl methyl sites for hydroxylation is 1. The fraction of sp³-hybridized carbons (Fsp3) is 0.312. The number of aromatic nitrogens is 2. The van der Waals surface area contributed by atoms with Gasteiger partial charge in [-0.3, -0.25) is 4.79 Å². The second kappa shape index (κ2) is 11.6. The van der Waals surface area contributed by atoms with Crippen LogP contribution in [0.15, 0.2) is 91.1 Å². The summed E-state index contributed by atoms with van der Waals surface area (Å²) in [4.78, 5) is 21.3. The Labute approximate surface area is 221 Å². The molecule has 0 bridgehead atoms. The average Bonchev–Trinajstić information content (AvgIpc) is 3.34. The highest BCUT2D eigenvalue weighted by Gasteiger charge is 2.43. The Morgan fingerprint density at radius 3 is 2.19 bits per heavy atom. The lowest BCUT2D eigenvalue weighted by Crippen LogP contribution is -2.53. The summed E-state index contributed by atoms with van der Waals surface area (Å²) >= 11 is 0. The quantitative estimate of drug-likeness (QED) is 0.283. The van der Waals surface area contributed by atoms with Gasteiger partial charge in [0, 0.05) is 30.4 Å². The normalized spacial score (nSPS) is 12.9. The fourth-order valence-electron chi connectivity index (χ4n) is 4.81. The van der Waals surface area contributed by atoms with Gasteiger partial charge in [-0.05, 0) is 50.4 Å². The summed E-state index contributed by atoms with van der Waals surface area (Å²) < 4.78 is 2.22. The van der Waals surface area contributed by atoms with Crippen LogP contribution in [0.25, 0.3) is 11.3 Å². The third kappa shape index (κ3) is 5.67. The number of nitrogens with two attached hydrogens (primary N) is 1. The van der Waals surface area contributed by atoms with E-state index in [9.17, 15) is 4.79 Å². The molecule has 1 aromatic heterocycles. The van der Waals surface area contributed by atoms with Gasteiger partial charge in [-0.15, -0.1) is 0 Å². The first kappa shape index (κ1) is 26.4. The lowest BCUT2D eigenvalue weighted by molar-refractivity contribution is 0.0306. The molecule has 0 aliphatic rings. The second-order valence-corrected chi connectivity index (χ2v) is 10.2. The molecule has 0 fully saturated rings. The lowest BCUT2D eigenvalue weighted by atomic mass is 9.84. The van der Waals surface area contributed by atoms with Crippen LogP contribution < -0.4 is 5.73 Å². The maximum absolute atomic E-state index is 14.1. The van der Waals surface area contributed by atoms with Crippen LogP contribution in [0.3, 0.4) is 0 Å². The maximum atomic E-state index is 14.1. The van der Waals surface area contributed by atoms with E-state index < -0.39 is 5.54 Å². The first-order chi connectivity index (χ1) is 17.8. The van der Waals surface area contributed by atoms with Crippen molar-refractivity contribution in [3.05, 3.63) is 114 Å². The van der Waals surface area contributed by atoms with Gasteiger partial charge in [0.1, 0.15) is 11.4 Å². The van der Waals surface area contributed by atoms with Crippen LogP contribution in [0, 0.1) is 12.8 Å². The SMILES string of the molecule is Cc1ccc(C(=O)N(CCCN)[C@](C)(c2nc(-c3ccccc3)cn2Cc2ccccc2)C(C)C)cc1. The number of nitrogens with zero attached hydrogens (tertiary/aromatic N) is 3. The molecule has 0 aliphatic heterocycles. The molecule has 0 aliphatic carbocycles. The number of carbonyl (C=O) groups is 1. The number of carbonyl (C=O) groups excluding carboxylic acids is 1. The van der Waals surface area contributed by atoms with Gasteiger partial charge in [0.05, 0.1) is 5.69 Å². The van der Waals surface area contributed by atoms with Crippen LogP contribution in [0.4, 0.5) is 0 Å². The molecule has 1 atom stereocenters. The summed E-state index contributed by atoms with van der Waals surface area (Å²) in [6.45, 7) is 10.3. The van der Waals surface area contributed by atoms with Gasteiger partial charge >= 0.3 is 0 Å². The minimum atomic E-state index is -0.668. The topological polar surface area (TPSA) is 64.2 Å². The highest BCUT2D eigenvalue weighted by molar-refractivity contribution is 5.94. The van der Waals surface area contributed by atoms with E-state index in [1.807, 2.05) is 60.4 Å². The van der Waals surface area contributed by atoms with Crippen LogP contribution in [0.2, 0.25) is 0 Å². The van der Waals surface area contributed by atoms with Crippen molar-refractivity contribution in [3.8, 4) is 11.3 Å². The van der Waals surface area contributed by atoms with E-state index in [2.05, 4.69) is 67.9 Å². The zero-order chi connectivity index (χ0) is 26.4. The Bertz CT molecular complexity index is 1300. The maximum Gasteiger partial charge on any atom is 0.254 e. The third-order valence-corrected chi connectivity index (χ3v) is 7.31. The van der Waals surface area contributed by atoms with Gasteiger partial charge in [-0.25, -0.2) is 4.98 Å². The van der Waals surface area contributed by atoms with Gasteiger partial charge in [-0.2, -0.15) is 0 Å². The predicted molar refractivity (Wildman–Crippen MR) is 151 cm³/mol. The Hall–Kier alpha value is -3.70. The molecule has 0 saturated carbocycles. The number of rotatable bonds is 10. The Morgan fingerprint density at radius 1 is 0.973 bits per heavy atom. The largest absolute Gasteiger partial charge is 0.330 e. The first-order valence-electron chi connectivity index (χ1n) is 13.1. The van der Waals surface area contributed by atoms with Crippen molar-refractivity contribution in [2.75, 3.05) is 13.1 Å². The van der Waals surface area contributed by atoms with Crippen LogP contribution >= 0.6 is 0 Å². The molecule has 1 amide bonds. The Kier molecular flexibility index (Phi) is 8.24. The fourth-order valence-corrected chi connectivity index (χ4v) is 4.81. The van der Waals surface area contributed by atoms with Gasteiger partial charge in [0.2, 0.25) is 0 Å². The predicted octanol–water partition coefficient (Wildman–Crippen LogP) is 6.27. The van der Waals surface area contributed by atoms with Crippen molar-refractivity contribution in [3.63, 3.8) is 0 Å². The highest BCUT2D eigenvalue weighted by Crippen LogP contribution is 2.38. The molecule has 37 heavy (non-hydrogen) atoms. The summed E-state index contributed by atoms with van der Waals surface area (Å²) in [6, 6.07) is 28.4. The van der Waals surface area contributed by atoms with Crippen molar-refractivity contribution in [1.29, 1.82) is 0 Å². The molecule has 5 nitrogen and oxygen atoms in total. The van der Waals surface area contributed by atoms with E-state index in [1.54, 1.807) is 0 Å². The number of hydrogen-bond donors (Lipinski definition) is 1. The minimum Gasteiger partial charge on any atom is -0.330 e. The highest BCUT2D eigenvalue weighted by atomic mass is 16.2. The summed E-state index contributed by atoms with van der Waals surface area (Å²) in [5.41, 5.74) is 10.2. The third-order valence-electron chi connectivity index (χ3n) is 7.31. The van der Waals surface area contributed by atoms with E-state index in [-0.39, 0.29) is 11.8 Å². The molecule has 2 N–H and O–H groups in total. The molecule has 4 aromatic rings. The number of benzene rings is 3. The summed E-state index contributed by atoms with van der Waals surface area (Å²) in [6.07, 6.45) is 2.83. The van der Waals surface area contributed by atoms with Crippen LogP contribution in [-0.4, -0.2) is 33.4 Å². The average molecular weight is 495 g/mol. The molecule has 5 heteroatoms. The molecule has 4 rings (SSSR count). The summed E-state index contributed by atoms with van der Waals surface area (Å²) in [5.74, 6) is 0.975. The summed E-state index contributed by atoms with van der Waals surface area (Å²) in [7, 11) is 0. The molecule has 1 heterocycles. The molecule has 0 saturated heterocycles. The standard InChI is InChI=1S/C32H38N4O/c1-24(2)32(4,36(21-11-20-33)30(37)28-18-16-25(3)17-19-28)31-34-29(27-14-9-6-10-15-27)23-35(31)22-26-12-7-5-8-13-26/h5-10,12-19,23-24H,11,20-22,33H2,1-4H3/t32-/m0/s1. The molecule has 0 unspecified atom stereocenters. The van der Waals surface area contributed by atoms with Crippen molar-refractivity contribution >= 4 is 5.91 Å². The minimum absolute atomic E-state index is 0.000159. The van der Waals surface area contributed by atoms with E-state index >= 15 is 0 Å². The van der Waals surface area contributed by atoms with Gasteiger partial charge in [0.15, 0.2) is 0 Å². The zero-order valence-electron chi connectivity index (χ0n) is 22.4. The van der Waals surface area contributed by atoms with Crippen molar-refractivity contribution < 1.29 is 4.79 Å². The Balaban J connectivity index is 1.87. The molecular weight excluding hydrogens is 456 g/mol. The van der Waals surface area contributed by atoms with Crippen LogP contribution in [-0.2, 0) is 12.1 Å². The van der Waals surface area contributed by atoms with Crippen LogP contribution in [0.5, 0.6) is 0 Å². The molecular formula is C32H38N4O. The van der Waals surface area contributed by atoms with Crippen molar-refractivity contribution in [2.24, 2.45) is 11.7 Å². The lowest BCUT2D eigenvalue weighted by Gasteiger charge is -2.44. The Morgan fingerprint density at radius 2 is 1.59 bits per heavy atom. The smallest absolute Gasteiger partial charge is 0.254 e. The zero-order valence-corrected chi connectivity index (χ0v) is 22.4. The number of imidazole rings is 1. The molecule has 3 aromatic carbocycles. The van der Waals surface area contributed by atoms with E-state index in [4.69, 9.17) is 10.7 Å². The molecule has 192 valence electrons. The van der Waals surface area contributed by atoms with Crippen molar-refractivity contribution in [2.45, 2.75) is 46.2 Å². The van der Waals surface area contributed by atoms with E-state index in [0.29, 0.717) is 31.6 Å². The van der Waals surface area contributed by atoms with Gasteiger partial charge < -0.3 is 15.2 Å². The van der Waals surface area contributed by atoms with Crippen molar-refractivity contribution in [1.82, 2.24) is 14.5 Å². The number of amides is 1. The summed E-state index contributed by atoms with van der Waals surface area (Å²) in [5, 5.41) is 0. The van der Waals surface area contributed by atoms with E-state index in [1.165, 1.54) is 5.56 Å². The monoisotopic (exact) mass is 494 g/mol. The molecule has 0 radical (unpaired) electrons. The molecule has 0 spiro atoms. The first-order valence-corrected chi connectivity index (χ1v) is 13.1. The number of hydrogen-bond acceptors (Lipinski definition) is 3. The van der Waals surface area contributed by atoms with Gasteiger partial charge in [-0.1, -0.05) is 92.2 Å². The van der Waals surface area contributed by atoms with Crippen LogP contribution in [0.1, 0.15) is 54.5 Å². The van der Waals surface area contributed by atoms with E-state index in [0.717, 1.165) is 22.6 Å². The van der Waals surface area contributed by atoms with Gasteiger partial charge in [0.25, 0.3) is 5.91 Å².